The zero-order valence-electron chi connectivity index (χ0n) is 4.57. The van der Waals surface area contributed by atoms with Crippen LogP contribution in [0.3, 0.4) is 0 Å². The monoisotopic (exact) mass is 158 g/mol. The maximum absolute atomic E-state index is 11.2. The van der Waals surface area contributed by atoms with Crippen LogP contribution in [0.25, 0.3) is 0 Å². The number of nitrogens with two attached hydrogens (primary N) is 1. The predicted octanol–water partition coefficient (Wildman–Crippen LogP) is 1.18. The molecule has 0 aliphatic heterocycles. The molecule has 0 saturated carbocycles. The molecule has 0 aliphatic rings. The van der Waals surface area contributed by atoms with Crippen LogP contribution in [0, 0.1) is 0 Å². The first kappa shape index (κ1) is 8.61. The summed E-state index contributed by atoms with van der Waals surface area (Å²) < 4.78 is 33.6. The van der Waals surface area contributed by atoms with Crippen LogP contribution < -0.4 is 5.73 Å². The summed E-state index contributed by atoms with van der Waals surface area (Å²) in [5.41, 5.74) is 4.75. The molecule has 0 aromatic carbocycles. The van der Waals surface area contributed by atoms with Crippen molar-refractivity contribution >= 4 is 16.9 Å². The maximum atomic E-state index is 11.2. The molecule has 6 heteroatoms. The molecule has 0 aliphatic carbocycles. The molecule has 0 atom stereocenters. The lowest BCUT2D eigenvalue weighted by Gasteiger charge is -1.98. The SMILES string of the molecule is CSC(N)=NC(F)(F)F. The highest BCUT2D eigenvalue weighted by Crippen LogP contribution is 2.16. The second-order valence-corrected chi connectivity index (χ2v) is 1.95. The number of alkyl halides is 3. The van der Waals surface area contributed by atoms with E-state index in [1.807, 2.05) is 0 Å². The summed E-state index contributed by atoms with van der Waals surface area (Å²) in [7, 11) is 0. The van der Waals surface area contributed by atoms with Gasteiger partial charge >= 0.3 is 6.30 Å². The summed E-state index contributed by atoms with van der Waals surface area (Å²) in [5, 5.41) is -0.470. The first-order chi connectivity index (χ1) is 3.95. The molecule has 0 spiro atoms. The van der Waals surface area contributed by atoms with E-state index in [2.05, 4.69) is 4.99 Å². The number of halogens is 3. The van der Waals surface area contributed by atoms with E-state index in [0.29, 0.717) is 0 Å². The van der Waals surface area contributed by atoms with Crippen molar-refractivity contribution in [3.05, 3.63) is 0 Å². The largest absolute Gasteiger partial charge is 0.505 e. The number of nitrogens with zero attached hydrogens (tertiary/aromatic N) is 1. The van der Waals surface area contributed by atoms with Gasteiger partial charge in [0.2, 0.25) is 0 Å². The molecule has 0 rings (SSSR count). The lowest BCUT2D eigenvalue weighted by Crippen LogP contribution is -2.13. The van der Waals surface area contributed by atoms with Gasteiger partial charge in [0.15, 0.2) is 5.17 Å². The third kappa shape index (κ3) is 5.48. The molecular formula is C3H5F3N2S. The highest BCUT2D eigenvalue weighted by Gasteiger charge is 2.26. The lowest BCUT2D eigenvalue weighted by atomic mass is 11.1. The zero-order valence-corrected chi connectivity index (χ0v) is 5.38. The number of hydrogen-bond acceptors (Lipinski definition) is 2. The minimum absolute atomic E-state index is 0.470. The van der Waals surface area contributed by atoms with Gasteiger partial charge in [0, 0.05) is 0 Å². The van der Waals surface area contributed by atoms with Gasteiger partial charge in [-0.2, -0.15) is 4.99 Å². The molecule has 0 amide bonds. The Bertz CT molecular complexity index is 119. The molecule has 9 heavy (non-hydrogen) atoms. The summed E-state index contributed by atoms with van der Waals surface area (Å²) in [4.78, 5) is 2.19. The Balaban J connectivity index is 3.95. The summed E-state index contributed by atoms with van der Waals surface area (Å²) in [6.07, 6.45) is -3.11. The number of amidine groups is 1. The van der Waals surface area contributed by atoms with E-state index in [1.54, 1.807) is 0 Å². The Labute approximate surface area is 54.3 Å². The van der Waals surface area contributed by atoms with E-state index in [4.69, 9.17) is 5.73 Å². The zero-order chi connectivity index (χ0) is 7.49. The van der Waals surface area contributed by atoms with Crippen molar-refractivity contribution in [1.29, 1.82) is 0 Å². The summed E-state index contributed by atoms with van der Waals surface area (Å²) in [6, 6.07) is 0. The normalized spacial score (nSPS) is 14.0. The van der Waals surface area contributed by atoms with Gasteiger partial charge in [-0.1, -0.05) is 11.8 Å². The van der Waals surface area contributed by atoms with Gasteiger partial charge in [-0.3, -0.25) is 0 Å². The Morgan fingerprint density at radius 3 is 2.11 bits per heavy atom. The number of aliphatic imine (C=N–C) groups is 1. The molecule has 0 aromatic rings. The predicted molar refractivity (Wildman–Crippen MR) is 31.2 cm³/mol. The fourth-order valence-electron chi connectivity index (χ4n) is 0.171. The third-order valence-corrected chi connectivity index (χ3v) is 0.956. The van der Waals surface area contributed by atoms with Crippen molar-refractivity contribution in [2.45, 2.75) is 6.30 Å². The summed E-state index contributed by atoms with van der Waals surface area (Å²) in [5.74, 6) is 0. The standard InChI is InChI=1S/C3H5F3N2S/c1-9-2(7)8-3(4,5)6/h1H3,(H2,7,8). The van der Waals surface area contributed by atoms with Crippen LogP contribution in [-0.4, -0.2) is 17.7 Å². The average molecular weight is 158 g/mol. The van der Waals surface area contributed by atoms with Crippen LogP contribution in [0.1, 0.15) is 0 Å². The van der Waals surface area contributed by atoms with Crippen LogP contribution >= 0.6 is 11.8 Å². The summed E-state index contributed by atoms with van der Waals surface area (Å²) >= 11 is 0.759. The molecule has 54 valence electrons. The van der Waals surface area contributed by atoms with E-state index in [-0.39, 0.29) is 0 Å². The van der Waals surface area contributed by atoms with Gasteiger partial charge < -0.3 is 5.73 Å². The molecule has 0 saturated heterocycles. The first-order valence-electron chi connectivity index (χ1n) is 1.92. The Hall–Kier alpha value is -0.390. The fourth-order valence-corrected chi connectivity index (χ4v) is 0.365. The van der Waals surface area contributed by atoms with Crippen LogP contribution in [0.4, 0.5) is 13.2 Å². The molecule has 0 aromatic heterocycles. The molecule has 0 fully saturated rings. The van der Waals surface area contributed by atoms with Gasteiger partial charge in [0.1, 0.15) is 0 Å². The van der Waals surface area contributed by atoms with Crippen molar-refractivity contribution in [1.82, 2.24) is 0 Å². The molecule has 2 N–H and O–H groups in total. The Morgan fingerprint density at radius 1 is 1.56 bits per heavy atom. The number of rotatable bonds is 0. The topological polar surface area (TPSA) is 38.4 Å². The highest BCUT2D eigenvalue weighted by atomic mass is 32.2. The number of hydrogen-bond donors (Lipinski definition) is 1. The minimum atomic E-state index is -4.53. The first-order valence-corrected chi connectivity index (χ1v) is 3.14. The maximum Gasteiger partial charge on any atom is 0.505 e. The quantitative estimate of drug-likeness (QED) is 0.326. The molecule has 0 unspecified atom stereocenters. The Kier molecular flexibility index (Phi) is 2.83. The average Bonchev–Trinajstić information content (AvgIpc) is 1.62. The van der Waals surface area contributed by atoms with Gasteiger partial charge in [-0.25, -0.2) is 0 Å². The fraction of sp³-hybridized carbons (Fsp3) is 0.667. The van der Waals surface area contributed by atoms with E-state index >= 15 is 0 Å². The van der Waals surface area contributed by atoms with Gasteiger partial charge in [0.25, 0.3) is 0 Å². The molecular weight excluding hydrogens is 153 g/mol. The second-order valence-electron chi connectivity index (χ2n) is 1.12. The van der Waals surface area contributed by atoms with Crippen molar-refractivity contribution in [2.75, 3.05) is 6.26 Å². The molecule has 0 radical (unpaired) electrons. The van der Waals surface area contributed by atoms with Gasteiger partial charge in [-0.15, -0.1) is 13.2 Å². The van der Waals surface area contributed by atoms with Crippen molar-refractivity contribution < 1.29 is 13.2 Å². The van der Waals surface area contributed by atoms with Crippen LogP contribution in [0.5, 0.6) is 0 Å². The van der Waals surface area contributed by atoms with Gasteiger partial charge in [-0.05, 0) is 6.26 Å². The van der Waals surface area contributed by atoms with Crippen molar-refractivity contribution in [3.63, 3.8) is 0 Å². The summed E-state index contributed by atoms with van der Waals surface area (Å²) in [6.45, 7) is 0. The van der Waals surface area contributed by atoms with Crippen LogP contribution in [0.2, 0.25) is 0 Å². The van der Waals surface area contributed by atoms with Crippen LogP contribution in [-0.2, 0) is 0 Å². The number of thioether (sulfide) groups is 1. The molecule has 0 heterocycles. The van der Waals surface area contributed by atoms with E-state index in [0.717, 1.165) is 11.8 Å². The smallest absolute Gasteiger partial charge is 0.378 e. The van der Waals surface area contributed by atoms with Gasteiger partial charge in [0.05, 0.1) is 0 Å². The van der Waals surface area contributed by atoms with E-state index in [1.165, 1.54) is 6.26 Å². The minimum Gasteiger partial charge on any atom is -0.378 e. The van der Waals surface area contributed by atoms with E-state index < -0.39 is 11.5 Å². The van der Waals surface area contributed by atoms with Crippen molar-refractivity contribution in [2.24, 2.45) is 10.7 Å². The molecule has 0 bridgehead atoms. The van der Waals surface area contributed by atoms with E-state index in [9.17, 15) is 13.2 Å². The lowest BCUT2D eigenvalue weighted by molar-refractivity contribution is -0.119. The third-order valence-electron chi connectivity index (χ3n) is 0.446. The second kappa shape index (κ2) is 2.95. The highest BCUT2D eigenvalue weighted by molar-refractivity contribution is 8.13. The van der Waals surface area contributed by atoms with Crippen LogP contribution in [0.15, 0.2) is 4.99 Å². The van der Waals surface area contributed by atoms with Crippen molar-refractivity contribution in [3.8, 4) is 0 Å². The molecule has 2 nitrogen and oxygen atoms in total. The Morgan fingerprint density at radius 2 is 2.00 bits per heavy atom.